The summed E-state index contributed by atoms with van der Waals surface area (Å²) in [4.78, 5) is 7.37. The Bertz CT molecular complexity index is 695. The van der Waals surface area contributed by atoms with Gasteiger partial charge in [-0.3, -0.25) is 4.99 Å². The van der Waals surface area contributed by atoms with Crippen LogP contribution in [-0.2, 0) is 0 Å². The highest BCUT2D eigenvalue weighted by Crippen LogP contribution is 2.26. The maximum Gasteiger partial charge on any atom is 0.206 e. The molecule has 0 spiro atoms. The standard InChI is InChI=1S/C18H25N3S2/c1-3-14(4-2)20-21-16(17-11-8-12-22-17)13-23-18(21)19-15-9-6-5-7-10-15/h8,11-13,15H,3-7,9-10H2,1-2H3. The Labute approximate surface area is 146 Å². The first-order valence-electron chi connectivity index (χ1n) is 8.66. The minimum Gasteiger partial charge on any atom is -0.254 e. The smallest absolute Gasteiger partial charge is 0.206 e. The van der Waals surface area contributed by atoms with Crippen molar-refractivity contribution in [2.45, 2.75) is 64.8 Å². The Morgan fingerprint density at radius 3 is 2.61 bits per heavy atom. The van der Waals surface area contributed by atoms with Crippen molar-refractivity contribution >= 4 is 28.4 Å². The Morgan fingerprint density at radius 1 is 1.17 bits per heavy atom. The lowest BCUT2D eigenvalue weighted by molar-refractivity contribution is 0.435. The van der Waals surface area contributed by atoms with E-state index in [1.807, 2.05) is 0 Å². The van der Waals surface area contributed by atoms with E-state index in [1.54, 1.807) is 22.7 Å². The van der Waals surface area contributed by atoms with Gasteiger partial charge in [0.2, 0.25) is 4.80 Å². The first kappa shape index (κ1) is 16.7. The molecule has 0 aromatic carbocycles. The normalized spacial score (nSPS) is 16.7. The summed E-state index contributed by atoms with van der Waals surface area (Å²) in [7, 11) is 0. The van der Waals surface area contributed by atoms with E-state index < -0.39 is 0 Å². The number of thiazole rings is 1. The first-order chi connectivity index (χ1) is 11.3. The fourth-order valence-electron chi connectivity index (χ4n) is 2.98. The highest BCUT2D eigenvalue weighted by Gasteiger charge is 2.14. The van der Waals surface area contributed by atoms with E-state index in [4.69, 9.17) is 10.1 Å². The van der Waals surface area contributed by atoms with Crippen molar-refractivity contribution in [3.63, 3.8) is 0 Å². The zero-order valence-corrected chi connectivity index (χ0v) is 15.6. The van der Waals surface area contributed by atoms with Crippen LogP contribution in [0.3, 0.4) is 0 Å². The van der Waals surface area contributed by atoms with Gasteiger partial charge in [0, 0.05) is 11.1 Å². The molecule has 1 aliphatic rings. The molecule has 0 N–H and O–H groups in total. The van der Waals surface area contributed by atoms with Crippen LogP contribution in [0.25, 0.3) is 10.6 Å². The predicted molar refractivity (Wildman–Crippen MR) is 101 cm³/mol. The quantitative estimate of drug-likeness (QED) is 0.636. The molecule has 0 atom stereocenters. The lowest BCUT2D eigenvalue weighted by atomic mass is 9.96. The molecule has 3 rings (SSSR count). The van der Waals surface area contributed by atoms with Crippen molar-refractivity contribution in [1.82, 2.24) is 4.68 Å². The maximum atomic E-state index is 5.05. The van der Waals surface area contributed by atoms with Crippen LogP contribution in [0, 0.1) is 0 Å². The number of thiophene rings is 1. The molecule has 0 saturated heterocycles. The van der Waals surface area contributed by atoms with E-state index in [0.717, 1.165) is 17.6 Å². The fourth-order valence-corrected chi connectivity index (χ4v) is 4.67. The molecule has 0 amide bonds. The van der Waals surface area contributed by atoms with E-state index in [1.165, 1.54) is 48.4 Å². The largest absolute Gasteiger partial charge is 0.254 e. The lowest BCUT2D eigenvalue weighted by Crippen LogP contribution is -2.19. The molecule has 5 heteroatoms. The van der Waals surface area contributed by atoms with Gasteiger partial charge in [0.1, 0.15) is 0 Å². The van der Waals surface area contributed by atoms with Gasteiger partial charge >= 0.3 is 0 Å². The monoisotopic (exact) mass is 347 g/mol. The summed E-state index contributed by atoms with van der Waals surface area (Å²) in [6, 6.07) is 4.75. The van der Waals surface area contributed by atoms with E-state index in [0.29, 0.717) is 6.04 Å². The van der Waals surface area contributed by atoms with Gasteiger partial charge in [-0.15, -0.1) is 22.7 Å². The Morgan fingerprint density at radius 2 is 1.96 bits per heavy atom. The number of nitrogens with zero attached hydrogens (tertiary/aromatic N) is 3. The molecule has 0 aliphatic heterocycles. The van der Waals surface area contributed by atoms with Crippen LogP contribution in [0.5, 0.6) is 0 Å². The first-order valence-corrected chi connectivity index (χ1v) is 10.4. The van der Waals surface area contributed by atoms with E-state index in [9.17, 15) is 0 Å². The van der Waals surface area contributed by atoms with Crippen molar-refractivity contribution in [2.24, 2.45) is 10.1 Å². The van der Waals surface area contributed by atoms with Crippen molar-refractivity contribution in [3.8, 4) is 10.6 Å². The molecule has 0 bridgehead atoms. The van der Waals surface area contributed by atoms with Gasteiger partial charge in [-0.05, 0) is 37.1 Å². The summed E-state index contributed by atoms with van der Waals surface area (Å²) in [6.45, 7) is 4.36. The van der Waals surface area contributed by atoms with Crippen LogP contribution in [0.2, 0.25) is 0 Å². The van der Waals surface area contributed by atoms with Crippen LogP contribution in [0.15, 0.2) is 33.0 Å². The van der Waals surface area contributed by atoms with Gasteiger partial charge < -0.3 is 0 Å². The third-order valence-electron chi connectivity index (χ3n) is 4.38. The molecular weight excluding hydrogens is 322 g/mol. The number of aromatic nitrogens is 1. The van der Waals surface area contributed by atoms with E-state index >= 15 is 0 Å². The summed E-state index contributed by atoms with van der Waals surface area (Å²) in [6.07, 6.45) is 8.43. The summed E-state index contributed by atoms with van der Waals surface area (Å²) in [5, 5.41) is 9.27. The van der Waals surface area contributed by atoms with Gasteiger partial charge in [0.25, 0.3) is 0 Å². The Kier molecular flexibility index (Phi) is 5.84. The molecule has 1 aliphatic carbocycles. The molecule has 1 fully saturated rings. The molecule has 2 heterocycles. The SMILES string of the molecule is CCC(CC)=Nn1c(-c2cccs2)csc1=NC1CCCCC1. The van der Waals surface area contributed by atoms with Gasteiger partial charge in [-0.2, -0.15) is 5.10 Å². The average molecular weight is 348 g/mol. The van der Waals surface area contributed by atoms with Crippen LogP contribution < -0.4 is 4.80 Å². The molecule has 1 saturated carbocycles. The number of hydrogen-bond acceptors (Lipinski definition) is 4. The van der Waals surface area contributed by atoms with Gasteiger partial charge in [-0.25, -0.2) is 4.68 Å². The number of hydrogen-bond donors (Lipinski definition) is 0. The van der Waals surface area contributed by atoms with Crippen LogP contribution in [0.4, 0.5) is 0 Å². The third kappa shape index (κ3) is 4.01. The zero-order chi connectivity index (χ0) is 16.1. The van der Waals surface area contributed by atoms with Gasteiger partial charge in [-0.1, -0.05) is 39.2 Å². The molecule has 3 nitrogen and oxygen atoms in total. The molecule has 23 heavy (non-hydrogen) atoms. The van der Waals surface area contributed by atoms with E-state index in [2.05, 4.69) is 41.4 Å². The molecule has 124 valence electrons. The Hall–Kier alpha value is -1.20. The second kappa shape index (κ2) is 8.06. The fraction of sp³-hybridized carbons (Fsp3) is 0.556. The van der Waals surface area contributed by atoms with Crippen LogP contribution >= 0.6 is 22.7 Å². The summed E-state index contributed by atoms with van der Waals surface area (Å²) in [5.74, 6) is 0. The third-order valence-corrected chi connectivity index (χ3v) is 6.11. The second-order valence-corrected chi connectivity index (χ2v) is 7.77. The minimum absolute atomic E-state index is 0.478. The topological polar surface area (TPSA) is 29.6 Å². The Balaban J connectivity index is 2.05. The highest BCUT2D eigenvalue weighted by atomic mass is 32.1. The molecule has 0 radical (unpaired) electrons. The molecule has 2 aromatic heterocycles. The molecule has 2 aromatic rings. The van der Waals surface area contributed by atoms with Crippen molar-refractivity contribution in [1.29, 1.82) is 0 Å². The van der Waals surface area contributed by atoms with Crippen LogP contribution in [0.1, 0.15) is 58.8 Å². The van der Waals surface area contributed by atoms with Gasteiger partial charge in [0.15, 0.2) is 0 Å². The number of rotatable bonds is 5. The second-order valence-electron chi connectivity index (χ2n) is 5.99. The zero-order valence-electron chi connectivity index (χ0n) is 14.0. The maximum absolute atomic E-state index is 5.05. The highest BCUT2D eigenvalue weighted by molar-refractivity contribution is 7.14. The average Bonchev–Trinajstić information content (AvgIpc) is 3.23. The summed E-state index contributed by atoms with van der Waals surface area (Å²) >= 11 is 3.49. The van der Waals surface area contributed by atoms with Gasteiger partial charge in [0.05, 0.1) is 16.6 Å². The predicted octanol–water partition coefficient (Wildman–Crippen LogP) is 5.54. The van der Waals surface area contributed by atoms with E-state index in [-0.39, 0.29) is 0 Å². The van der Waals surface area contributed by atoms with Crippen molar-refractivity contribution in [3.05, 3.63) is 27.7 Å². The van der Waals surface area contributed by atoms with Crippen molar-refractivity contribution < 1.29 is 0 Å². The van der Waals surface area contributed by atoms with Crippen molar-refractivity contribution in [2.75, 3.05) is 0 Å². The summed E-state index contributed by atoms with van der Waals surface area (Å²) < 4.78 is 2.09. The van der Waals surface area contributed by atoms with Crippen LogP contribution in [-0.4, -0.2) is 16.4 Å². The molecular formula is C18H25N3S2. The minimum atomic E-state index is 0.478. The summed E-state index contributed by atoms with van der Waals surface area (Å²) in [5.41, 5.74) is 2.41. The molecule has 0 unspecified atom stereocenters. The lowest BCUT2D eigenvalue weighted by Gasteiger charge is -2.16.